The van der Waals surface area contributed by atoms with Gasteiger partial charge in [0.15, 0.2) is 0 Å². The average Bonchev–Trinajstić information content (AvgIpc) is 3.25. The van der Waals surface area contributed by atoms with Crippen LogP contribution in [0, 0.1) is 23.0 Å². The van der Waals surface area contributed by atoms with Crippen LogP contribution in [-0.2, 0) is 9.59 Å². The molecule has 0 spiro atoms. The first-order valence-electron chi connectivity index (χ1n) is 10.6. The Labute approximate surface area is 192 Å². The van der Waals surface area contributed by atoms with Gasteiger partial charge in [-0.25, -0.2) is 8.78 Å². The van der Waals surface area contributed by atoms with Gasteiger partial charge in [0.1, 0.15) is 11.6 Å². The Kier molecular flexibility index (Phi) is 5.41. The molecule has 5 rings (SSSR count). The lowest BCUT2D eigenvalue weighted by atomic mass is 9.89. The van der Waals surface area contributed by atoms with Crippen LogP contribution in [0.15, 0.2) is 40.8 Å². The van der Waals surface area contributed by atoms with E-state index in [0.717, 1.165) is 0 Å². The minimum absolute atomic E-state index is 0.0407. The van der Waals surface area contributed by atoms with Gasteiger partial charge < -0.3 is 14.6 Å². The van der Waals surface area contributed by atoms with Crippen LogP contribution in [0.4, 0.5) is 20.5 Å². The van der Waals surface area contributed by atoms with Gasteiger partial charge in [0, 0.05) is 36.3 Å². The van der Waals surface area contributed by atoms with Crippen LogP contribution < -0.4 is 15.5 Å². The second kappa shape index (κ2) is 8.55. The van der Waals surface area contributed by atoms with Gasteiger partial charge in [-0.15, -0.1) is 5.10 Å². The fourth-order valence-corrected chi connectivity index (χ4v) is 4.10. The first kappa shape index (κ1) is 21.5. The van der Waals surface area contributed by atoms with E-state index in [1.807, 2.05) is 6.07 Å². The quantitative estimate of drug-likeness (QED) is 0.553. The summed E-state index contributed by atoms with van der Waals surface area (Å²) >= 11 is 0. The number of nitrogens with one attached hydrogen (secondary N) is 2. The number of imide groups is 1. The lowest BCUT2D eigenvalue weighted by Crippen LogP contribution is -2.55. The van der Waals surface area contributed by atoms with Crippen molar-refractivity contribution in [1.29, 1.82) is 5.26 Å². The van der Waals surface area contributed by atoms with Crippen molar-refractivity contribution >= 4 is 23.5 Å². The summed E-state index contributed by atoms with van der Waals surface area (Å²) in [6.07, 6.45) is 0.112. The number of rotatable bonds is 5. The van der Waals surface area contributed by atoms with Gasteiger partial charge in [0.05, 0.1) is 23.6 Å². The van der Waals surface area contributed by atoms with Gasteiger partial charge in [-0.3, -0.25) is 14.9 Å². The topological polar surface area (TPSA) is 124 Å². The van der Waals surface area contributed by atoms with E-state index >= 15 is 0 Å². The minimum Gasteiger partial charge on any atom is -0.403 e. The van der Waals surface area contributed by atoms with Crippen LogP contribution in [0.25, 0.3) is 11.5 Å². The zero-order valence-electron chi connectivity index (χ0n) is 17.7. The first-order chi connectivity index (χ1) is 16.4. The summed E-state index contributed by atoms with van der Waals surface area (Å²) in [5.74, 6) is -3.48. The Morgan fingerprint density at radius 1 is 1.12 bits per heavy atom. The molecule has 2 fully saturated rings. The molecule has 0 bridgehead atoms. The third-order valence-electron chi connectivity index (χ3n) is 5.91. The number of benzene rings is 2. The predicted octanol–water partition coefficient (Wildman–Crippen LogP) is 2.71. The molecule has 34 heavy (non-hydrogen) atoms. The van der Waals surface area contributed by atoms with E-state index in [0.29, 0.717) is 35.8 Å². The molecule has 1 aromatic heterocycles. The minimum atomic E-state index is -1.03. The number of halogens is 2. The van der Waals surface area contributed by atoms with Crippen LogP contribution in [0.3, 0.4) is 0 Å². The molecule has 1 unspecified atom stereocenters. The Morgan fingerprint density at radius 3 is 2.47 bits per heavy atom. The zero-order chi connectivity index (χ0) is 23.8. The predicted molar refractivity (Wildman–Crippen MR) is 116 cm³/mol. The molecule has 9 nitrogen and oxygen atoms in total. The number of anilines is 2. The first-order valence-corrected chi connectivity index (χ1v) is 10.6. The molecule has 3 heterocycles. The highest BCUT2D eigenvalue weighted by Crippen LogP contribution is 2.33. The molecule has 0 aliphatic carbocycles. The Morgan fingerprint density at radius 2 is 1.82 bits per heavy atom. The molecule has 2 amide bonds. The molecular weight excluding hydrogens is 446 g/mol. The number of hydrogen-bond acceptors (Lipinski definition) is 8. The molecule has 3 aromatic rings. The van der Waals surface area contributed by atoms with E-state index in [4.69, 9.17) is 9.68 Å². The van der Waals surface area contributed by atoms with Gasteiger partial charge >= 0.3 is 6.01 Å². The van der Waals surface area contributed by atoms with Crippen molar-refractivity contribution < 1.29 is 22.8 Å². The summed E-state index contributed by atoms with van der Waals surface area (Å²) < 4.78 is 35.1. The van der Waals surface area contributed by atoms with Crippen molar-refractivity contribution in [2.75, 3.05) is 23.3 Å². The van der Waals surface area contributed by atoms with E-state index in [9.17, 15) is 18.4 Å². The van der Waals surface area contributed by atoms with E-state index in [-0.39, 0.29) is 30.5 Å². The van der Waals surface area contributed by atoms with E-state index < -0.39 is 29.4 Å². The normalized spacial score (nSPS) is 18.3. The van der Waals surface area contributed by atoms with Gasteiger partial charge in [-0.1, -0.05) is 5.10 Å². The van der Waals surface area contributed by atoms with Crippen molar-refractivity contribution in [2.45, 2.75) is 24.8 Å². The zero-order valence-corrected chi connectivity index (χ0v) is 17.7. The van der Waals surface area contributed by atoms with Crippen LogP contribution >= 0.6 is 0 Å². The van der Waals surface area contributed by atoms with Crippen molar-refractivity contribution in [3.05, 3.63) is 59.2 Å². The van der Waals surface area contributed by atoms with Crippen LogP contribution in [0.5, 0.6) is 0 Å². The molecule has 2 aromatic carbocycles. The molecule has 11 heteroatoms. The van der Waals surface area contributed by atoms with Gasteiger partial charge in [-0.2, -0.15) is 5.26 Å². The van der Waals surface area contributed by atoms with Crippen molar-refractivity contribution in [1.82, 2.24) is 15.5 Å². The maximum Gasteiger partial charge on any atom is 0.316 e. The molecule has 0 radical (unpaired) electrons. The Hall–Kier alpha value is -4.33. The van der Waals surface area contributed by atoms with Crippen molar-refractivity contribution in [3.63, 3.8) is 0 Å². The fourth-order valence-electron chi connectivity index (χ4n) is 4.10. The number of nitriles is 1. The van der Waals surface area contributed by atoms with Crippen LogP contribution in [0.1, 0.15) is 29.9 Å². The second-order valence-electron chi connectivity index (χ2n) is 8.17. The summed E-state index contributed by atoms with van der Waals surface area (Å²) in [6.45, 7) is 0.899. The number of piperidine rings is 1. The van der Waals surface area contributed by atoms with E-state index in [1.54, 1.807) is 29.2 Å². The molecule has 172 valence electrons. The Balaban J connectivity index is 1.22. The molecule has 1 atom stereocenters. The number of carbonyl (C=O) groups excluding carboxylic acids is 2. The third kappa shape index (κ3) is 4.05. The second-order valence-corrected chi connectivity index (χ2v) is 8.17. The summed E-state index contributed by atoms with van der Waals surface area (Å²) in [4.78, 5) is 25.1. The van der Waals surface area contributed by atoms with E-state index in [1.165, 1.54) is 12.1 Å². The number of nitrogens with zero attached hydrogens (tertiary/aromatic N) is 4. The third-order valence-corrected chi connectivity index (χ3v) is 5.91. The lowest BCUT2D eigenvalue weighted by Gasteiger charge is -2.41. The van der Waals surface area contributed by atoms with Crippen molar-refractivity contribution in [2.24, 2.45) is 0 Å². The van der Waals surface area contributed by atoms with Crippen molar-refractivity contribution in [3.8, 4) is 17.5 Å². The molecule has 2 aliphatic heterocycles. The maximum absolute atomic E-state index is 14.7. The fraction of sp³-hybridized carbons (Fsp3) is 0.261. The summed E-state index contributed by atoms with van der Waals surface area (Å²) in [5, 5.41) is 22.0. The summed E-state index contributed by atoms with van der Waals surface area (Å²) in [5.41, 5.74) is 1.24. The molecule has 2 saturated heterocycles. The monoisotopic (exact) mass is 464 g/mol. The SMILES string of the molecule is N#Cc1ccc(-c2nnc(NC3CN(c4cc(F)c(C5CCC(=O)NC5=O)c(F)c4)C3)o2)cc1. The van der Waals surface area contributed by atoms with Gasteiger partial charge in [-0.05, 0) is 42.8 Å². The highest BCUT2D eigenvalue weighted by molar-refractivity contribution is 6.01. The highest BCUT2D eigenvalue weighted by atomic mass is 19.1. The highest BCUT2D eigenvalue weighted by Gasteiger charge is 2.34. The number of amides is 2. The number of aromatic nitrogens is 2. The van der Waals surface area contributed by atoms with Crippen LogP contribution in [0.2, 0.25) is 0 Å². The van der Waals surface area contributed by atoms with E-state index in [2.05, 4.69) is 20.8 Å². The smallest absolute Gasteiger partial charge is 0.316 e. The summed E-state index contributed by atoms with van der Waals surface area (Å²) in [7, 11) is 0. The number of carbonyl (C=O) groups is 2. The number of hydrogen-bond donors (Lipinski definition) is 2. The largest absolute Gasteiger partial charge is 0.403 e. The molecule has 2 aliphatic rings. The summed E-state index contributed by atoms with van der Waals surface area (Å²) in [6, 6.07) is 11.3. The maximum atomic E-state index is 14.7. The molecule has 2 N–H and O–H groups in total. The van der Waals surface area contributed by atoms with Gasteiger partial charge in [0.2, 0.25) is 17.7 Å². The van der Waals surface area contributed by atoms with Crippen LogP contribution in [-0.4, -0.2) is 41.1 Å². The average molecular weight is 464 g/mol. The molecule has 0 saturated carbocycles. The standard InChI is InChI=1S/C23H18F2N6O3/c24-17-7-15(8-18(25)20(17)16-5-6-19(32)28-21(16)33)31-10-14(11-31)27-23-30-29-22(34-23)13-3-1-12(9-26)2-4-13/h1-4,7-8,14,16H,5-6,10-11H2,(H,27,30)(H,28,32,33). The Bertz CT molecular complexity index is 1290. The molecular formula is C23H18F2N6O3. The van der Waals surface area contributed by atoms with Gasteiger partial charge in [0.25, 0.3) is 0 Å². The lowest BCUT2D eigenvalue weighted by molar-refractivity contribution is -0.134.